The number of nitrogens with one attached hydrogen (secondary N) is 3. The second kappa shape index (κ2) is 8.38. The van der Waals surface area contributed by atoms with Crippen LogP contribution in [-0.4, -0.2) is 18.5 Å². The monoisotopic (exact) mass is 363 g/mol. The molecule has 0 spiro atoms. The first-order chi connectivity index (χ1) is 11.5. The molecule has 0 heterocycles. The lowest BCUT2D eigenvalue weighted by molar-refractivity contribution is 0.102. The zero-order valence-electron chi connectivity index (χ0n) is 12.6. The second-order valence-corrected chi connectivity index (χ2v) is 5.54. The van der Waals surface area contributed by atoms with E-state index in [1.54, 1.807) is 48.5 Å². The number of carbonyl (C=O) groups is 2. The molecule has 124 valence electrons. The summed E-state index contributed by atoms with van der Waals surface area (Å²) < 4.78 is 0. The highest BCUT2D eigenvalue weighted by atomic mass is 35.5. The number of rotatable bonds is 5. The van der Waals surface area contributed by atoms with Gasteiger partial charge in [-0.3, -0.25) is 4.79 Å². The van der Waals surface area contributed by atoms with Gasteiger partial charge >= 0.3 is 6.03 Å². The van der Waals surface area contributed by atoms with E-state index in [4.69, 9.17) is 23.2 Å². The largest absolute Gasteiger partial charge is 0.334 e. The third-order valence-corrected chi connectivity index (χ3v) is 3.82. The Bertz CT molecular complexity index is 761. The van der Waals surface area contributed by atoms with Crippen LogP contribution >= 0.6 is 23.2 Å². The Balaban J connectivity index is 2.01. The van der Waals surface area contributed by atoms with Crippen LogP contribution in [0.25, 0.3) is 0 Å². The van der Waals surface area contributed by atoms with Crippen LogP contribution in [0.4, 0.5) is 16.2 Å². The van der Waals surface area contributed by atoms with Crippen LogP contribution in [0.15, 0.2) is 55.1 Å². The van der Waals surface area contributed by atoms with Crippen molar-refractivity contribution in [1.29, 1.82) is 0 Å². The van der Waals surface area contributed by atoms with E-state index in [-0.39, 0.29) is 22.5 Å². The molecule has 0 saturated heterocycles. The van der Waals surface area contributed by atoms with E-state index in [1.807, 2.05) is 0 Å². The van der Waals surface area contributed by atoms with E-state index in [2.05, 4.69) is 22.5 Å². The molecule has 0 aromatic heterocycles. The summed E-state index contributed by atoms with van der Waals surface area (Å²) in [6.45, 7) is 3.89. The van der Waals surface area contributed by atoms with Gasteiger partial charge in [0.25, 0.3) is 5.91 Å². The minimum atomic E-state index is -0.369. The fraction of sp³-hybridized carbons (Fsp3) is 0.0588. The van der Waals surface area contributed by atoms with Crippen LogP contribution in [0.3, 0.4) is 0 Å². The van der Waals surface area contributed by atoms with Gasteiger partial charge in [-0.15, -0.1) is 6.58 Å². The van der Waals surface area contributed by atoms with Gasteiger partial charge in [-0.25, -0.2) is 4.79 Å². The van der Waals surface area contributed by atoms with Gasteiger partial charge in [-0.2, -0.15) is 0 Å². The summed E-state index contributed by atoms with van der Waals surface area (Å²) in [7, 11) is 0. The SMILES string of the molecule is C=CCNC(=O)Nc1ccc(NC(=O)c2cccc(Cl)c2Cl)cc1. The number of carbonyl (C=O) groups excluding carboxylic acids is 2. The molecule has 3 amide bonds. The highest BCUT2D eigenvalue weighted by Gasteiger charge is 2.12. The molecule has 0 aliphatic heterocycles. The number of benzene rings is 2. The summed E-state index contributed by atoms with van der Waals surface area (Å²) in [5.41, 5.74) is 1.44. The molecular formula is C17H15Cl2N3O2. The maximum Gasteiger partial charge on any atom is 0.319 e. The molecule has 2 aromatic carbocycles. The van der Waals surface area contributed by atoms with E-state index in [1.165, 1.54) is 0 Å². The number of hydrogen-bond acceptors (Lipinski definition) is 2. The van der Waals surface area contributed by atoms with Gasteiger partial charge in [-0.1, -0.05) is 35.3 Å². The Labute approximate surface area is 149 Å². The first-order valence-corrected chi connectivity index (χ1v) is 7.78. The summed E-state index contributed by atoms with van der Waals surface area (Å²) in [4.78, 5) is 23.7. The minimum Gasteiger partial charge on any atom is -0.334 e. The normalized spacial score (nSPS) is 9.92. The predicted octanol–water partition coefficient (Wildman–Crippen LogP) is 4.55. The topological polar surface area (TPSA) is 70.2 Å². The Morgan fingerprint density at radius 3 is 2.25 bits per heavy atom. The van der Waals surface area contributed by atoms with Crippen molar-refractivity contribution in [2.24, 2.45) is 0 Å². The molecule has 7 heteroatoms. The third-order valence-electron chi connectivity index (χ3n) is 3.00. The highest BCUT2D eigenvalue weighted by Crippen LogP contribution is 2.26. The number of halogens is 2. The van der Waals surface area contributed by atoms with Gasteiger partial charge in [-0.05, 0) is 36.4 Å². The Hall–Kier alpha value is -2.50. The van der Waals surface area contributed by atoms with Crippen molar-refractivity contribution in [3.8, 4) is 0 Å². The zero-order chi connectivity index (χ0) is 17.5. The maximum absolute atomic E-state index is 12.2. The van der Waals surface area contributed by atoms with Crippen LogP contribution in [0.5, 0.6) is 0 Å². The maximum atomic E-state index is 12.2. The Morgan fingerprint density at radius 2 is 1.62 bits per heavy atom. The van der Waals surface area contributed by atoms with Gasteiger partial charge < -0.3 is 16.0 Å². The van der Waals surface area contributed by atoms with E-state index in [0.29, 0.717) is 22.9 Å². The summed E-state index contributed by atoms with van der Waals surface area (Å²) >= 11 is 11.9. The first kappa shape index (κ1) is 17.8. The van der Waals surface area contributed by atoms with E-state index in [9.17, 15) is 9.59 Å². The predicted molar refractivity (Wildman–Crippen MR) is 98.1 cm³/mol. The molecule has 0 bridgehead atoms. The van der Waals surface area contributed by atoms with Crippen molar-refractivity contribution >= 4 is 46.5 Å². The van der Waals surface area contributed by atoms with Crippen LogP contribution in [0.2, 0.25) is 10.0 Å². The van der Waals surface area contributed by atoms with Crippen molar-refractivity contribution in [3.63, 3.8) is 0 Å². The molecule has 0 saturated carbocycles. The van der Waals surface area contributed by atoms with Crippen LogP contribution in [-0.2, 0) is 0 Å². The molecule has 0 aliphatic carbocycles. The minimum absolute atomic E-state index is 0.203. The fourth-order valence-electron chi connectivity index (χ4n) is 1.85. The van der Waals surface area contributed by atoms with Crippen molar-refractivity contribution in [1.82, 2.24) is 5.32 Å². The summed E-state index contributed by atoms with van der Waals surface area (Å²) in [5.74, 6) is -0.369. The van der Waals surface area contributed by atoms with Crippen molar-refractivity contribution < 1.29 is 9.59 Å². The van der Waals surface area contributed by atoms with Gasteiger partial charge in [0.1, 0.15) is 0 Å². The molecule has 5 nitrogen and oxygen atoms in total. The van der Waals surface area contributed by atoms with Crippen LogP contribution in [0, 0.1) is 0 Å². The molecule has 0 fully saturated rings. The van der Waals surface area contributed by atoms with Gasteiger partial charge in [0.15, 0.2) is 0 Å². The number of urea groups is 1. The molecule has 3 N–H and O–H groups in total. The number of hydrogen-bond donors (Lipinski definition) is 3. The average molecular weight is 364 g/mol. The lowest BCUT2D eigenvalue weighted by Gasteiger charge is -2.09. The quantitative estimate of drug-likeness (QED) is 0.681. The zero-order valence-corrected chi connectivity index (χ0v) is 14.1. The number of amides is 3. The highest BCUT2D eigenvalue weighted by molar-refractivity contribution is 6.44. The Kier molecular flexibility index (Phi) is 6.23. The second-order valence-electron chi connectivity index (χ2n) is 4.76. The molecule has 0 radical (unpaired) electrons. The van der Waals surface area contributed by atoms with E-state index >= 15 is 0 Å². The van der Waals surface area contributed by atoms with Gasteiger partial charge in [0, 0.05) is 17.9 Å². The molecular weight excluding hydrogens is 349 g/mol. The lowest BCUT2D eigenvalue weighted by atomic mass is 10.2. The standard InChI is InChI=1S/C17H15Cl2N3O2/c1-2-10-20-17(24)22-12-8-6-11(7-9-12)21-16(23)13-4-3-5-14(18)15(13)19/h2-9H,1,10H2,(H,21,23)(H2,20,22,24). The average Bonchev–Trinajstić information content (AvgIpc) is 2.57. The third kappa shape index (κ3) is 4.75. The molecule has 24 heavy (non-hydrogen) atoms. The summed E-state index contributed by atoms with van der Waals surface area (Å²) in [6.07, 6.45) is 1.58. The van der Waals surface area contributed by atoms with E-state index in [0.717, 1.165) is 0 Å². The summed E-state index contributed by atoms with van der Waals surface area (Å²) in [6, 6.07) is 11.2. The fourth-order valence-corrected chi connectivity index (χ4v) is 2.24. The van der Waals surface area contributed by atoms with Crippen molar-refractivity contribution in [2.45, 2.75) is 0 Å². The van der Waals surface area contributed by atoms with E-state index < -0.39 is 0 Å². The number of anilines is 2. The summed E-state index contributed by atoms with van der Waals surface area (Å²) in [5, 5.41) is 8.49. The molecule has 0 unspecified atom stereocenters. The molecule has 0 aliphatic rings. The Morgan fingerprint density at radius 1 is 1.00 bits per heavy atom. The molecule has 2 rings (SSSR count). The smallest absolute Gasteiger partial charge is 0.319 e. The van der Waals surface area contributed by atoms with Gasteiger partial charge in [0.05, 0.1) is 15.6 Å². The van der Waals surface area contributed by atoms with Crippen LogP contribution in [0.1, 0.15) is 10.4 Å². The van der Waals surface area contributed by atoms with Gasteiger partial charge in [0.2, 0.25) is 0 Å². The van der Waals surface area contributed by atoms with Crippen LogP contribution < -0.4 is 16.0 Å². The lowest BCUT2D eigenvalue weighted by Crippen LogP contribution is -2.28. The molecule has 0 atom stereocenters. The van der Waals surface area contributed by atoms with Crippen molar-refractivity contribution in [2.75, 3.05) is 17.2 Å². The molecule has 2 aromatic rings. The van der Waals surface area contributed by atoms with Crippen molar-refractivity contribution in [3.05, 3.63) is 70.7 Å². The first-order valence-electron chi connectivity index (χ1n) is 7.02.